The SMILES string of the molecule is CC(CNCCCO)N(C)Cc1ccccc1. The molecule has 0 amide bonds. The molecular weight excluding hydrogens is 212 g/mol. The highest BCUT2D eigenvalue weighted by Gasteiger charge is 2.08. The number of aliphatic hydroxyl groups is 1. The number of nitrogens with one attached hydrogen (secondary N) is 1. The van der Waals surface area contributed by atoms with E-state index in [9.17, 15) is 0 Å². The van der Waals surface area contributed by atoms with Gasteiger partial charge in [-0.1, -0.05) is 30.3 Å². The smallest absolute Gasteiger partial charge is 0.0443 e. The summed E-state index contributed by atoms with van der Waals surface area (Å²) in [6.45, 7) is 5.31. The number of hydrogen-bond acceptors (Lipinski definition) is 3. The fraction of sp³-hybridized carbons (Fsp3) is 0.571. The van der Waals surface area contributed by atoms with Crippen LogP contribution in [0.5, 0.6) is 0 Å². The van der Waals surface area contributed by atoms with Gasteiger partial charge in [0.05, 0.1) is 0 Å². The molecule has 0 heterocycles. The fourth-order valence-corrected chi connectivity index (χ4v) is 1.70. The van der Waals surface area contributed by atoms with Crippen LogP contribution in [0.1, 0.15) is 18.9 Å². The van der Waals surface area contributed by atoms with Gasteiger partial charge in [0.2, 0.25) is 0 Å². The predicted octanol–water partition coefficient (Wildman–Crippen LogP) is 1.48. The molecule has 1 aromatic carbocycles. The minimum Gasteiger partial charge on any atom is -0.396 e. The van der Waals surface area contributed by atoms with Crippen molar-refractivity contribution in [2.45, 2.75) is 25.9 Å². The van der Waals surface area contributed by atoms with Crippen molar-refractivity contribution >= 4 is 0 Å². The highest BCUT2D eigenvalue weighted by molar-refractivity contribution is 5.14. The van der Waals surface area contributed by atoms with E-state index < -0.39 is 0 Å². The van der Waals surface area contributed by atoms with E-state index in [-0.39, 0.29) is 6.61 Å². The summed E-state index contributed by atoms with van der Waals surface area (Å²) in [6.07, 6.45) is 0.828. The molecule has 1 aromatic rings. The van der Waals surface area contributed by atoms with E-state index >= 15 is 0 Å². The van der Waals surface area contributed by atoms with Gasteiger partial charge in [-0.25, -0.2) is 0 Å². The first kappa shape index (κ1) is 14.2. The van der Waals surface area contributed by atoms with Crippen molar-refractivity contribution in [3.63, 3.8) is 0 Å². The Morgan fingerprint density at radius 1 is 1.29 bits per heavy atom. The highest BCUT2D eigenvalue weighted by Crippen LogP contribution is 2.05. The third-order valence-corrected chi connectivity index (χ3v) is 2.98. The van der Waals surface area contributed by atoms with Crippen LogP contribution in [-0.4, -0.2) is 42.8 Å². The van der Waals surface area contributed by atoms with Crippen LogP contribution in [0, 0.1) is 0 Å². The first-order valence-corrected chi connectivity index (χ1v) is 6.29. The number of rotatable bonds is 8. The largest absolute Gasteiger partial charge is 0.396 e. The van der Waals surface area contributed by atoms with E-state index in [1.54, 1.807) is 0 Å². The summed E-state index contributed by atoms with van der Waals surface area (Å²) in [6, 6.07) is 11.0. The molecule has 17 heavy (non-hydrogen) atoms. The molecule has 0 saturated heterocycles. The summed E-state index contributed by atoms with van der Waals surface area (Å²) >= 11 is 0. The second-order valence-electron chi connectivity index (χ2n) is 4.53. The lowest BCUT2D eigenvalue weighted by Crippen LogP contribution is -2.37. The lowest BCUT2D eigenvalue weighted by atomic mass is 10.2. The van der Waals surface area contributed by atoms with E-state index in [1.165, 1.54) is 5.56 Å². The zero-order chi connectivity index (χ0) is 12.5. The second-order valence-corrected chi connectivity index (χ2v) is 4.53. The van der Waals surface area contributed by atoms with Gasteiger partial charge >= 0.3 is 0 Å². The minimum atomic E-state index is 0.265. The molecule has 0 spiro atoms. The molecule has 1 atom stereocenters. The average molecular weight is 236 g/mol. The van der Waals surface area contributed by atoms with Gasteiger partial charge in [0.25, 0.3) is 0 Å². The van der Waals surface area contributed by atoms with E-state index in [0.717, 1.165) is 26.1 Å². The monoisotopic (exact) mass is 236 g/mol. The zero-order valence-electron chi connectivity index (χ0n) is 10.9. The van der Waals surface area contributed by atoms with Crippen LogP contribution in [0.3, 0.4) is 0 Å². The molecule has 1 unspecified atom stereocenters. The van der Waals surface area contributed by atoms with Crippen LogP contribution < -0.4 is 5.32 Å². The molecule has 0 saturated carbocycles. The Morgan fingerprint density at radius 3 is 2.65 bits per heavy atom. The quantitative estimate of drug-likeness (QED) is 0.671. The topological polar surface area (TPSA) is 35.5 Å². The van der Waals surface area contributed by atoms with Gasteiger partial charge in [-0.15, -0.1) is 0 Å². The zero-order valence-corrected chi connectivity index (χ0v) is 10.9. The summed E-state index contributed by atoms with van der Waals surface area (Å²) in [5, 5.41) is 12.0. The van der Waals surface area contributed by atoms with E-state index in [0.29, 0.717) is 6.04 Å². The first-order chi connectivity index (χ1) is 8.24. The molecule has 0 bridgehead atoms. The molecule has 1 rings (SSSR count). The van der Waals surface area contributed by atoms with Crippen molar-refractivity contribution in [2.24, 2.45) is 0 Å². The Labute approximate surface area is 104 Å². The van der Waals surface area contributed by atoms with Crippen molar-refractivity contribution in [2.75, 3.05) is 26.7 Å². The summed E-state index contributed by atoms with van der Waals surface area (Å²) in [4.78, 5) is 2.33. The van der Waals surface area contributed by atoms with Gasteiger partial charge in [-0.05, 0) is 32.5 Å². The molecule has 0 aliphatic heterocycles. The van der Waals surface area contributed by atoms with E-state index in [1.807, 2.05) is 6.07 Å². The normalized spacial score (nSPS) is 12.9. The minimum absolute atomic E-state index is 0.265. The number of hydrogen-bond donors (Lipinski definition) is 2. The summed E-state index contributed by atoms with van der Waals surface area (Å²) in [7, 11) is 2.14. The van der Waals surface area contributed by atoms with Crippen LogP contribution in [-0.2, 0) is 6.54 Å². The third kappa shape index (κ3) is 5.82. The van der Waals surface area contributed by atoms with Gasteiger partial charge < -0.3 is 10.4 Å². The van der Waals surface area contributed by atoms with Crippen LogP contribution >= 0.6 is 0 Å². The summed E-state index contributed by atoms with van der Waals surface area (Å²) < 4.78 is 0. The standard InChI is InChI=1S/C14H24N2O/c1-13(11-15-9-6-10-17)16(2)12-14-7-4-3-5-8-14/h3-5,7-8,13,15,17H,6,9-12H2,1-2H3. The second kappa shape index (κ2) is 8.23. The van der Waals surface area contributed by atoms with Crippen molar-refractivity contribution in [3.05, 3.63) is 35.9 Å². The predicted molar refractivity (Wildman–Crippen MR) is 71.9 cm³/mol. The number of aliphatic hydroxyl groups excluding tert-OH is 1. The molecule has 96 valence electrons. The van der Waals surface area contributed by atoms with Gasteiger partial charge in [-0.3, -0.25) is 4.90 Å². The van der Waals surface area contributed by atoms with Crippen LogP contribution in [0.4, 0.5) is 0 Å². The molecule has 2 N–H and O–H groups in total. The Kier molecular flexibility index (Phi) is 6.86. The lowest BCUT2D eigenvalue weighted by molar-refractivity contribution is 0.238. The molecule has 0 fully saturated rings. The number of likely N-dealkylation sites (N-methyl/N-ethyl adjacent to an activating group) is 1. The average Bonchev–Trinajstić information content (AvgIpc) is 2.35. The lowest BCUT2D eigenvalue weighted by Gasteiger charge is -2.25. The van der Waals surface area contributed by atoms with Crippen LogP contribution in [0.25, 0.3) is 0 Å². The van der Waals surface area contributed by atoms with Gasteiger partial charge in [-0.2, -0.15) is 0 Å². The van der Waals surface area contributed by atoms with Gasteiger partial charge in [0.1, 0.15) is 0 Å². The Balaban J connectivity index is 2.24. The molecule has 0 aromatic heterocycles. The molecule has 0 aliphatic carbocycles. The number of benzene rings is 1. The van der Waals surface area contributed by atoms with Crippen LogP contribution in [0.2, 0.25) is 0 Å². The molecule has 3 heteroatoms. The first-order valence-electron chi connectivity index (χ1n) is 6.29. The van der Waals surface area contributed by atoms with Crippen molar-refractivity contribution in [1.82, 2.24) is 10.2 Å². The van der Waals surface area contributed by atoms with Gasteiger partial charge in [0, 0.05) is 25.7 Å². The Morgan fingerprint density at radius 2 is 2.00 bits per heavy atom. The molecule has 0 aliphatic rings. The third-order valence-electron chi connectivity index (χ3n) is 2.98. The maximum absolute atomic E-state index is 8.69. The fourth-order valence-electron chi connectivity index (χ4n) is 1.70. The van der Waals surface area contributed by atoms with Crippen LogP contribution in [0.15, 0.2) is 30.3 Å². The summed E-state index contributed by atoms with van der Waals surface area (Å²) in [5.74, 6) is 0. The molecule has 3 nitrogen and oxygen atoms in total. The van der Waals surface area contributed by atoms with E-state index in [2.05, 4.69) is 48.5 Å². The Bertz CT molecular complexity index is 290. The number of nitrogens with zero attached hydrogens (tertiary/aromatic N) is 1. The van der Waals surface area contributed by atoms with Crippen molar-refractivity contribution < 1.29 is 5.11 Å². The van der Waals surface area contributed by atoms with Crippen molar-refractivity contribution in [1.29, 1.82) is 0 Å². The van der Waals surface area contributed by atoms with Gasteiger partial charge in [0.15, 0.2) is 0 Å². The Hall–Kier alpha value is -0.900. The molecular formula is C14H24N2O. The van der Waals surface area contributed by atoms with Crippen molar-refractivity contribution in [3.8, 4) is 0 Å². The van der Waals surface area contributed by atoms with E-state index in [4.69, 9.17) is 5.11 Å². The molecule has 0 radical (unpaired) electrons. The maximum atomic E-state index is 8.69. The summed E-state index contributed by atoms with van der Waals surface area (Å²) in [5.41, 5.74) is 1.34. The highest BCUT2D eigenvalue weighted by atomic mass is 16.3. The maximum Gasteiger partial charge on any atom is 0.0443 e.